The Labute approximate surface area is 110 Å². The molecule has 19 heavy (non-hydrogen) atoms. The summed E-state index contributed by atoms with van der Waals surface area (Å²) in [6.45, 7) is 1.69. The number of aliphatic carboxylic acids is 2. The van der Waals surface area contributed by atoms with Gasteiger partial charge in [0.1, 0.15) is 12.7 Å². The van der Waals surface area contributed by atoms with Crippen molar-refractivity contribution in [3.8, 4) is 0 Å². The van der Waals surface area contributed by atoms with Crippen LogP contribution in [0.15, 0.2) is 0 Å². The maximum absolute atomic E-state index is 10.7. The van der Waals surface area contributed by atoms with Crippen LogP contribution in [0.4, 0.5) is 0 Å². The number of hydrogen-bond acceptors (Lipinski definition) is 6. The van der Waals surface area contributed by atoms with Gasteiger partial charge in [0.25, 0.3) is 0 Å². The molecule has 8 nitrogen and oxygen atoms in total. The summed E-state index contributed by atoms with van der Waals surface area (Å²) in [5.74, 6) is -4.16. The highest BCUT2D eigenvalue weighted by Gasteiger charge is 2.27. The van der Waals surface area contributed by atoms with E-state index in [4.69, 9.17) is 29.5 Å². The van der Waals surface area contributed by atoms with Gasteiger partial charge in [-0.3, -0.25) is 9.59 Å². The molecule has 1 aliphatic heterocycles. The molecule has 1 fully saturated rings. The Hall–Kier alpha value is -1.22. The smallest absolute Gasteiger partial charge is 0.317 e. The molecule has 1 heterocycles. The normalized spacial score (nSPS) is 22.1. The molecule has 110 valence electrons. The Balaban J connectivity index is 2.38. The van der Waals surface area contributed by atoms with E-state index in [1.54, 1.807) is 0 Å². The summed E-state index contributed by atoms with van der Waals surface area (Å²) in [7, 11) is 0. The fourth-order valence-electron chi connectivity index (χ4n) is 1.54. The Bertz CT molecular complexity index is 268. The van der Waals surface area contributed by atoms with Crippen molar-refractivity contribution in [3.05, 3.63) is 0 Å². The first-order valence-corrected chi connectivity index (χ1v) is 6.00. The SMILES string of the molecule is O=C(O)C(CCC1COCCOCCOO1)C(=O)O. The van der Waals surface area contributed by atoms with Crippen LogP contribution in [0.1, 0.15) is 12.8 Å². The van der Waals surface area contributed by atoms with E-state index in [1.807, 2.05) is 0 Å². The molecule has 0 spiro atoms. The van der Waals surface area contributed by atoms with Crippen LogP contribution < -0.4 is 0 Å². The first-order valence-electron chi connectivity index (χ1n) is 6.00. The molecule has 1 rings (SSSR count). The van der Waals surface area contributed by atoms with Gasteiger partial charge in [-0.2, -0.15) is 0 Å². The van der Waals surface area contributed by atoms with Crippen LogP contribution in [0.25, 0.3) is 0 Å². The second-order valence-electron chi connectivity index (χ2n) is 4.03. The molecule has 0 bridgehead atoms. The summed E-state index contributed by atoms with van der Waals surface area (Å²) in [5, 5.41) is 17.5. The van der Waals surface area contributed by atoms with Crippen molar-refractivity contribution >= 4 is 11.9 Å². The van der Waals surface area contributed by atoms with Gasteiger partial charge in [-0.05, 0) is 12.8 Å². The molecule has 0 radical (unpaired) electrons. The minimum atomic E-state index is -1.44. The minimum absolute atomic E-state index is 0.0431. The van der Waals surface area contributed by atoms with Gasteiger partial charge in [0.15, 0.2) is 5.92 Å². The lowest BCUT2D eigenvalue weighted by molar-refractivity contribution is -0.338. The molecule has 8 heteroatoms. The third-order valence-electron chi connectivity index (χ3n) is 2.56. The van der Waals surface area contributed by atoms with E-state index in [2.05, 4.69) is 0 Å². The molecule has 0 aromatic carbocycles. The number of carboxylic acid groups (broad SMARTS) is 2. The van der Waals surface area contributed by atoms with Gasteiger partial charge in [0.05, 0.1) is 26.4 Å². The molecule has 0 saturated carbocycles. The maximum atomic E-state index is 10.7. The lowest BCUT2D eigenvalue weighted by atomic mass is 10.0. The first kappa shape index (κ1) is 15.8. The Morgan fingerprint density at radius 1 is 1.05 bits per heavy atom. The third-order valence-corrected chi connectivity index (χ3v) is 2.56. The summed E-state index contributed by atoms with van der Waals surface area (Å²) < 4.78 is 10.4. The van der Waals surface area contributed by atoms with Crippen LogP contribution >= 0.6 is 0 Å². The lowest BCUT2D eigenvalue weighted by Crippen LogP contribution is -2.28. The van der Waals surface area contributed by atoms with Crippen LogP contribution in [0.2, 0.25) is 0 Å². The quantitative estimate of drug-likeness (QED) is 0.530. The second-order valence-corrected chi connectivity index (χ2v) is 4.03. The number of carbonyl (C=O) groups is 2. The van der Waals surface area contributed by atoms with Crippen molar-refractivity contribution in [1.29, 1.82) is 0 Å². The molecule has 0 aliphatic carbocycles. The molecule has 1 unspecified atom stereocenters. The molecular weight excluding hydrogens is 260 g/mol. The summed E-state index contributed by atoms with van der Waals surface area (Å²) in [6, 6.07) is 0. The van der Waals surface area contributed by atoms with E-state index >= 15 is 0 Å². The van der Waals surface area contributed by atoms with E-state index in [0.29, 0.717) is 19.8 Å². The van der Waals surface area contributed by atoms with Crippen LogP contribution in [-0.4, -0.2) is 61.3 Å². The van der Waals surface area contributed by atoms with Crippen molar-refractivity contribution in [3.63, 3.8) is 0 Å². The zero-order valence-corrected chi connectivity index (χ0v) is 10.4. The van der Waals surface area contributed by atoms with E-state index in [9.17, 15) is 9.59 Å². The highest BCUT2D eigenvalue weighted by molar-refractivity contribution is 5.92. The average Bonchev–Trinajstić information content (AvgIpc) is 2.36. The van der Waals surface area contributed by atoms with Gasteiger partial charge in [0.2, 0.25) is 0 Å². The fourth-order valence-corrected chi connectivity index (χ4v) is 1.54. The molecule has 1 atom stereocenters. The predicted molar refractivity (Wildman–Crippen MR) is 60.5 cm³/mol. The van der Waals surface area contributed by atoms with Gasteiger partial charge < -0.3 is 19.7 Å². The Kier molecular flexibility index (Phi) is 7.34. The van der Waals surface area contributed by atoms with Gasteiger partial charge >= 0.3 is 11.9 Å². The highest BCUT2D eigenvalue weighted by atomic mass is 17.2. The molecular formula is C11H18O8. The van der Waals surface area contributed by atoms with Crippen molar-refractivity contribution in [2.75, 3.05) is 33.0 Å². The number of rotatable bonds is 5. The van der Waals surface area contributed by atoms with Crippen LogP contribution in [0.3, 0.4) is 0 Å². The monoisotopic (exact) mass is 278 g/mol. The van der Waals surface area contributed by atoms with Gasteiger partial charge in [0, 0.05) is 0 Å². The molecule has 1 saturated heterocycles. The van der Waals surface area contributed by atoms with Gasteiger partial charge in [-0.25, -0.2) is 9.78 Å². The van der Waals surface area contributed by atoms with E-state index in [-0.39, 0.29) is 26.1 Å². The van der Waals surface area contributed by atoms with Crippen LogP contribution in [0, 0.1) is 5.92 Å². The average molecular weight is 278 g/mol. The highest BCUT2D eigenvalue weighted by Crippen LogP contribution is 2.13. The first-order chi connectivity index (χ1) is 9.11. The van der Waals surface area contributed by atoms with Crippen LogP contribution in [0.5, 0.6) is 0 Å². The van der Waals surface area contributed by atoms with Crippen molar-refractivity contribution in [1.82, 2.24) is 0 Å². The largest absolute Gasteiger partial charge is 0.481 e. The van der Waals surface area contributed by atoms with Crippen molar-refractivity contribution in [2.24, 2.45) is 5.92 Å². The van der Waals surface area contributed by atoms with Gasteiger partial charge in [-0.1, -0.05) is 0 Å². The van der Waals surface area contributed by atoms with Crippen molar-refractivity contribution in [2.45, 2.75) is 18.9 Å². The summed E-state index contributed by atoms with van der Waals surface area (Å²) in [5.41, 5.74) is 0. The number of ether oxygens (including phenoxy) is 2. The molecule has 2 N–H and O–H groups in total. The zero-order valence-electron chi connectivity index (χ0n) is 10.4. The van der Waals surface area contributed by atoms with E-state index < -0.39 is 24.0 Å². The Morgan fingerprint density at radius 2 is 1.68 bits per heavy atom. The standard InChI is InChI=1S/C11H18O8/c12-10(13)9(11(14)15)2-1-8-7-17-4-3-16-5-6-18-19-8/h8-9H,1-7H2,(H,12,13)(H,14,15). The maximum Gasteiger partial charge on any atom is 0.317 e. The molecule has 0 aromatic rings. The number of carboxylic acids is 2. The van der Waals surface area contributed by atoms with Gasteiger partial charge in [-0.15, -0.1) is 0 Å². The molecule has 0 aromatic heterocycles. The summed E-state index contributed by atoms with van der Waals surface area (Å²) in [6.07, 6.45) is -0.304. The number of hydrogen-bond donors (Lipinski definition) is 2. The van der Waals surface area contributed by atoms with E-state index in [0.717, 1.165) is 0 Å². The third kappa shape index (κ3) is 6.48. The fraction of sp³-hybridized carbons (Fsp3) is 0.818. The minimum Gasteiger partial charge on any atom is -0.481 e. The van der Waals surface area contributed by atoms with E-state index in [1.165, 1.54) is 0 Å². The summed E-state index contributed by atoms with van der Waals surface area (Å²) in [4.78, 5) is 31.4. The predicted octanol–water partition coefficient (Wildman–Crippen LogP) is -0.0844. The molecule has 1 aliphatic rings. The summed E-state index contributed by atoms with van der Waals surface area (Å²) >= 11 is 0. The topological polar surface area (TPSA) is 112 Å². The Morgan fingerprint density at radius 3 is 2.37 bits per heavy atom. The van der Waals surface area contributed by atoms with Crippen LogP contribution in [-0.2, 0) is 28.8 Å². The van der Waals surface area contributed by atoms with Crippen molar-refractivity contribution < 1.29 is 39.1 Å². The lowest BCUT2D eigenvalue weighted by Gasteiger charge is -2.19. The molecule has 0 amide bonds. The zero-order chi connectivity index (χ0) is 14.1. The second kappa shape index (κ2) is 8.81.